The number of benzene rings is 1. The van der Waals surface area contributed by atoms with Gasteiger partial charge in [-0.15, -0.1) is 0 Å². The number of halogens is 1. The van der Waals surface area contributed by atoms with Crippen molar-refractivity contribution < 1.29 is 9.18 Å². The molecule has 3 saturated heterocycles. The highest BCUT2D eigenvalue weighted by atomic mass is 19.1. The van der Waals surface area contributed by atoms with Gasteiger partial charge in [-0.25, -0.2) is 15.2 Å². The quantitative estimate of drug-likeness (QED) is 0.868. The molecule has 0 bridgehead atoms. The minimum atomic E-state index is -0.232. The Bertz CT molecular complexity index is 609. The highest BCUT2D eigenvalue weighted by Crippen LogP contribution is 2.25. The topological polar surface area (TPSA) is 47.6 Å². The lowest BCUT2D eigenvalue weighted by Gasteiger charge is -2.40. The minimum absolute atomic E-state index is 0.0513. The van der Waals surface area contributed by atoms with Crippen molar-refractivity contribution in [1.29, 1.82) is 0 Å². The van der Waals surface area contributed by atoms with E-state index in [4.69, 9.17) is 0 Å². The molecule has 3 fully saturated rings. The molecule has 2 unspecified atom stereocenters. The molecule has 1 aromatic rings. The largest absolute Gasteiger partial charge is 0.341 e. The van der Waals surface area contributed by atoms with E-state index in [0.717, 1.165) is 31.5 Å². The first-order valence-corrected chi connectivity index (χ1v) is 10.00. The second kappa shape index (κ2) is 8.03. The molecular weight excluding hydrogens is 331 g/mol. The van der Waals surface area contributed by atoms with Gasteiger partial charge in [0.15, 0.2) is 0 Å². The van der Waals surface area contributed by atoms with Crippen LogP contribution in [0.2, 0.25) is 0 Å². The third-order valence-electron chi connectivity index (χ3n) is 6.16. The summed E-state index contributed by atoms with van der Waals surface area (Å²) in [5.41, 5.74) is 7.35. The summed E-state index contributed by atoms with van der Waals surface area (Å²) >= 11 is 0. The third kappa shape index (κ3) is 3.92. The molecule has 1 amide bonds. The van der Waals surface area contributed by atoms with E-state index in [0.29, 0.717) is 12.5 Å². The fraction of sp³-hybridized carbons (Fsp3) is 0.650. The molecule has 4 rings (SSSR count). The second-order valence-corrected chi connectivity index (χ2v) is 7.83. The van der Waals surface area contributed by atoms with E-state index in [9.17, 15) is 9.18 Å². The number of likely N-dealkylation sites (tertiary alicyclic amines) is 2. The van der Waals surface area contributed by atoms with Crippen LogP contribution in [0.15, 0.2) is 24.3 Å². The van der Waals surface area contributed by atoms with Crippen LogP contribution < -0.4 is 10.9 Å². The van der Waals surface area contributed by atoms with Gasteiger partial charge in [0.2, 0.25) is 5.91 Å². The van der Waals surface area contributed by atoms with Crippen molar-refractivity contribution in [3.63, 3.8) is 0 Å². The van der Waals surface area contributed by atoms with Gasteiger partial charge in [0.05, 0.1) is 0 Å². The van der Waals surface area contributed by atoms with Gasteiger partial charge in [0, 0.05) is 25.2 Å². The second-order valence-electron chi connectivity index (χ2n) is 7.83. The molecule has 142 valence electrons. The Morgan fingerprint density at radius 1 is 0.962 bits per heavy atom. The maximum Gasteiger partial charge on any atom is 0.241 e. The average Bonchev–Trinajstić information content (AvgIpc) is 3.19. The number of carbonyl (C=O) groups is 1. The van der Waals surface area contributed by atoms with Crippen molar-refractivity contribution >= 4 is 5.91 Å². The zero-order valence-electron chi connectivity index (χ0n) is 15.3. The predicted octanol–water partition coefficient (Wildman–Crippen LogP) is 2.21. The molecule has 3 aliphatic rings. The minimum Gasteiger partial charge on any atom is -0.341 e. The molecule has 6 heteroatoms. The van der Waals surface area contributed by atoms with Crippen LogP contribution in [0.5, 0.6) is 0 Å². The van der Waals surface area contributed by atoms with E-state index < -0.39 is 0 Å². The molecule has 0 saturated carbocycles. The Kier molecular flexibility index (Phi) is 5.52. The van der Waals surface area contributed by atoms with Crippen molar-refractivity contribution in [3.8, 4) is 0 Å². The lowest BCUT2D eigenvalue weighted by atomic mass is 9.98. The number of hydrogen-bond acceptors (Lipinski definition) is 4. The van der Waals surface area contributed by atoms with Crippen LogP contribution in [0.25, 0.3) is 0 Å². The van der Waals surface area contributed by atoms with Gasteiger partial charge in [0.1, 0.15) is 11.9 Å². The molecule has 0 radical (unpaired) electrons. The van der Waals surface area contributed by atoms with Gasteiger partial charge < -0.3 is 9.80 Å². The smallest absolute Gasteiger partial charge is 0.241 e. The molecule has 0 spiro atoms. The van der Waals surface area contributed by atoms with Gasteiger partial charge in [-0.2, -0.15) is 0 Å². The van der Waals surface area contributed by atoms with Gasteiger partial charge >= 0.3 is 0 Å². The number of nitrogens with one attached hydrogen (secondary N) is 2. The first kappa shape index (κ1) is 17.9. The molecule has 2 N–H and O–H groups in total. The number of amides is 1. The summed E-state index contributed by atoms with van der Waals surface area (Å²) in [4.78, 5) is 17.5. The Morgan fingerprint density at radius 3 is 2.35 bits per heavy atom. The van der Waals surface area contributed by atoms with Crippen LogP contribution in [0.3, 0.4) is 0 Å². The number of carbonyl (C=O) groups excluding carboxylic acids is 1. The summed E-state index contributed by atoms with van der Waals surface area (Å²) in [7, 11) is 0. The maximum atomic E-state index is 13.1. The van der Waals surface area contributed by atoms with Crippen LogP contribution in [0.4, 0.5) is 4.39 Å². The Morgan fingerprint density at radius 2 is 1.65 bits per heavy atom. The van der Waals surface area contributed by atoms with Crippen LogP contribution in [-0.4, -0.2) is 54.0 Å². The SMILES string of the molecule is O=C(C1CC(c2ccc(F)cc2)NN1)N1CCC(N2CCCCC2)CC1. The van der Waals surface area contributed by atoms with E-state index in [-0.39, 0.29) is 23.8 Å². The monoisotopic (exact) mass is 360 g/mol. The number of hydrogen-bond donors (Lipinski definition) is 2. The first-order chi connectivity index (χ1) is 12.7. The number of rotatable bonds is 3. The van der Waals surface area contributed by atoms with Gasteiger partial charge in [-0.3, -0.25) is 4.79 Å². The standard InChI is InChI=1S/C20H29FN4O/c21-16-6-4-15(5-7-16)18-14-19(23-22-18)20(26)25-12-8-17(9-13-25)24-10-2-1-3-11-24/h4-7,17-19,22-23H,1-3,8-14H2. The number of nitrogens with zero attached hydrogens (tertiary/aromatic N) is 2. The normalized spacial score (nSPS) is 28.4. The van der Waals surface area contributed by atoms with E-state index >= 15 is 0 Å². The molecule has 3 aliphatic heterocycles. The van der Waals surface area contributed by atoms with Crippen molar-refractivity contribution in [2.45, 2.75) is 56.7 Å². The molecule has 0 aliphatic carbocycles. The molecule has 0 aromatic heterocycles. The summed E-state index contributed by atoms with van der Waals surface area (Å²) in [5.74, 6) is -0.0388. The zero-order valence-corrected chi connectivity index (χ0v) is 15.3. The highest BCUT2D eigenvalue weighted by Gasteiger charge is 2.35. The third-order valence-corrected chi connectivity index (χ3v) is 6.16. The lowest BCUT2D eigenvalue weighted by molar-refractivity contribution is -0.134. The average molecular weight is 360 g/mol. The number of piperidine rings is 2. The Labute approximate surface area is 154 Å². The van der Waals surface area contributed by atoms with Gasteiger partial charge in [-0.1, -0.05) is 18.6 Å². The first-order valence-electron chi connectivity index (χ1n) is 10.00. The zero-order chi connectivity index (χ0) is 17.9. The summed E-state index contributed by atoms with van der Waals surface area (Å²) in [6, 6.07) is 7.01. The predicted molar refractivity (Wildman–Crippen MR) is 98.8 cm³/mol. The fourth-order valence-electron chi connectivity index (χ4n) is 4.59. The summed E-state index contributed by atoms with van der Waals surface area (Å²) in [5, 5.41) is 0. The fourth-order valence-corrected chi connectivity index (χ4v) is 4.59. The van der Waals surface area contributed by atoms with Crippen molar-refractivity contribution in [3.05, 3.63) is 35.6 Å². The molecule has 3 heterocycles. The van der Waals surface area contributed by atoms with Gasteiger partial charge in [-0.05, 0) is 62.9 Å². The Hall–Kier alpha value is -1.50. The summed E-state index contributed by atoms with van der Waals surface area (Å²) in [6.07, 6.45) is 6.89. The van der Waals surface area contributed by atoms with Crippen LogP contribution in [-0.2, 0) is 4.79 Å². The highest BCUT2D eigenvalue weighted by molar-refractivity contribution is 5.82. The van der Waals surface area contributed by atoms with Crippen LogP contribution >= 0.6 is 0 Å². The van der Waals surface area contributed by atoms with Crippen LogP contribution in [0.1, 0.15) is 50.1 Å². The lowest BCUT2D eigenvalue weighted by Crippen LogP contribution is -2.52. The van der Waals surface area contributed by atoms with E-state index in [2.05, 4.69) is 15.8 Å². The summed E-state index contributed by atoms with van der Waals surface area (Å²) in [6.45, 7) is 4.18. The van der Waals surface area contributed by atoms with E-state index in [1.54, 1.807) is 12.1 Å². The molecule has 5 nitrogen and oxygen atoms in total. The summed E-state index contributed by atoms with van der Waals surface area (Å²) < 4.78 is 13.1. The van der Waals surface area contributed by atoms with Crippen molar-refractivity contribution in [2.75, 3.05) is 26.2 Å². The van der Waals surface area contributed by atoms with Crippen LogP contribution in [0, 0.1) is 5.82 Å². The molecule has 1 aromatic carbocycles. The molecular formula is C20H29FN4O. The van der Waals surface area contributed by atoms with Gasteiger partial charge in [0.25, 0.3) is 0 Å². The van der Waals surface area contributed by atoms with Crippen molar-refractivity contribution in [1.82, 2.24) is 20.7 Å². The number of hydrazine groups is 1. The molecule has 2 atom stereocenters. The molecule has 26 heavy (non-hydrogen) atoms. The maximum absolute atomic E-state index is 13.1. The van der Waals surface area contributed by atoms with E-state index in [1.165, 1.54) is 44.5 Å². The Balaban J connectivity index is 1.28. The van der Waals surface area contributed by atoms with Crippen molar-refractivity contribution in [2.24, 2.45) is 0 Å². The van der Waals surface area contributed by atoms with E-state index in [1.807, 2.05) is 4.90 Å².